The Bertz CT molecular complexity index is 302. The lowest BCUT2D eigenvalue weighted by Gasteiger charge is -2.21. The number of anilines is 1. The van der Waals surface area contributed by atoms with Crippen molar-refractivity contribution in [3.63, 3.8) is 0 Å². The number of benzene rings is 1. The van der Waals surface area contributed by atoms with Crippen LogP contribution in [-0.2, 0) is 12.1 Å². The van der Waals surface area contributed by atoms with Gasteiger partial charge in [0, 0.05) is 17.8 Å². The Morgan fingerprint density at radius 3 is 2.46 bits per heavy atom. The van der Waals surface area contributed by atoms with Gasteiger partial charge in [0.1, 0.15) is 0 Å². The molecule has 13 heavy (non-hydrogen) atoms. The van der Waals surface area contributed by atoms with Gasteiger partial charge in [-0.15, -0.1) is 0 Å². The first-order valence-electron chi connectivity index (χ1n) is 4.27. The summed E-state index contributed by atoms with van der Waals surface area (Å²) in [6.07, 6.45) is 0. The fourth-order valence-electron chi connectivity index (χ4n) is 1.32. The molecule has 0 radical (unpaired) electrons. The van der Waals surface area contributed by atoms with Crippen LogP contribution in [0.5, 0.6) is 0 Å². The fraction of sp³-hybridized carbons (Fsp3) is 0.400. The molecular formula is C10H16N2O. The van der Waals surface area contributed by atoms with E-state index in [1.807, 2.05) is 18.2 Å². The second-order valence-corrected chi connectivity index (χ2v) is 3.64. The van der Waals surface area contributed by atoms with Crippen LogP contribution >= 0.6 is 0 Å². The van der Waals surface area contributed by atoms with Crippen LogP contribution < -0.4 is 11.5 Å². The van der Waals surface area contributed by atoms with E-state index in [1.54, 1.807) is 13.8 Å². The van der Waals surface area contributed by atoms with Gasteiger partial charge in [-0.2, -0.15) is 0 Å². The summed E-state index contributed by atoms with van der Waals surface area (Å²) < 4.78 is 0. The first-order valence-corrected chi connectivity index (χ1v) is 4.27. The third kappa shape index (κ3) is 1.99. The number of aliphatic hydroxyl groups is 1. The lowest BCUT2D eigenvalue weighted by atomic mass is 9.94. The largest absolute Gasteiger partial charge is 0.398 e. The molecule has 0 heterocycles. The van der Waals surface area contributed by atoms with Gasteiger partial charge < -0.3 is 16.6 Å². The first kappa shape index (κ1) is 10.0. The molecule has 0 bridgehead atoms. The summed E-state index contributed by atoms with van der Waals surface area (Å²) in [5.41, 5.74) is 12.6. The molecule has 0 aliphatic rings. The Balaban J connectivity index is 3.24. The molecule has 0 amide bonds. The van der Waals surface area contributed by atoms with Gasteiger partial charge in [-0.1, -0.05) is 18.2 Å². The summed E-state index contributed by atoms with van der Waals surface area (Å²) in [4.78, 5) is 0. The quantitative estimate of drug-likeness (QED) is 0.593. The van der Waals surface area contributed by atoms with Gasteiger partial charge in [-0.05, 0) is 19.4 Å². The highest BCUT2D eigenvalue weighted by atomic mass is 16.3. The van der Waals surface area contributed by atoms with E-state index in [4.69, 9.17) is 11.5 Å². The average Bonchev–Trinajstić information content (AvgIpc) is 2.02. The van der Waals surface area contributed by atoms with Gasteiger partial charge in [-0.25, -0.2) is 0 Å². The van der Waals surface area contributed by atoms with Gasteiger partial charge in [0.05, 0.1) is 5.60 Å². The number of hydrogen-bond donors (Lipinski definition) is 3. The summed E-state index contributed by atoms with van der Waals surface area (Å²) in [6, 6.07) is 5.53. The van der Waals surface area contributed by atoms with Crippen molar-refractivity contribution < 1.29 is 5.11 Å². The second kappa shape index (κ2) is 3.36. The van der Waals surface area contributed by atoms with E-state index in [-0.39, 0.29) is 0 Å². The standard InChI is InChI=1S/C10H16N2O/c1-10(2,13)8-5-3-4-7(6-11)9(8)12/h3-5,13H,6,11-12H2,1-2H3. The first-order chi connectivity index (χ1) is 5.96. The topological polar surface area (TPSA) is 72.3 Å². The molecule has 3 nitrogen and oxygen atoms in total. The van der Waals surface area contributed by atoms with Crippen LogP contribution in [0.3, 0.4) is 0 Å². The predicted molar refractivity (Wildman–Crippen MR) is 54.0 cm³/mol. The maximum absolute atomic E-state index is 9.77. The molecular weight excluding hydrogens is 164 g/mol. The SMILES string of the molecule is CC(C)(O)c1cccc(CN)c1N. The third-order valence-corrected chi connectivity index (χ3v) is 2.08. The highest BCUT2D eigenvalue weighted by molar-refractivity contribution is 5.55. The summed E-state index contributed by atoms with van der Waals surface area (Å²) >= 11 is 0. The predicted octanol–water partition coefficient (Wildman–Crippen LogP) is 0.955. The van der Waals surface area contributed by atoms with E-state index in [1.165, 1.54) is 0 Å². The zero-order chi connectivity index (χ0) is 10.1. The number of nitrogen functional groups attached to an aromatic ring is 1. The van der Waals surface area contributed by atoms with E-state index in [0.717, 1.165) is 11.1 Å². The van der Waals surface area contributed by atoms with E-state index in [2.05, 4.69) is 0 Å². The minimum absolute atomic E-state index is 0.399. The molecule has 0 unspecified atom stereocenters. The normalized spacial score (nSPS) is 11.7. The molecule has 0 spiro atoms. The highest BCUT2D eigenvalue weighted by Gasteiger charge is 2.19. The van der Waals surface area contributed by atoms with Crippen molar-refractivity contribution in [2.24, 2.45) is 5.73 Å². The van der Waals surface area contributed by atoms with E-state index < -0.39 is 5.60 Å². The van der Waals surface area contributed by atoms with Crippen molar-refractivity contribution in [1.82, 2.24) is 0 Å². The molecule has 0 atom stereocenters. The maximum Gasteiger partial charge on any atom is 0.0860 e. The molecule has 0 saturated carbocycles. The molecule has 1 rings (SSSR count). The number of para-hydroxylation sites is 1. The molecule has 1 aromatic carbocycles. The number of hydrogen-bond acceptors (Lipinski definition) is 3. The average molecular weight is 180 g/mol. The number of rotatable bonds is 2. The zero-order valence-corrected chi connectivity index (χ0v) is 8.04. The molecule has 72 valence electrons. The van der Waals surface area contributed by atoms with E-state index in [9.17, 15) is 5.11 Å². The summed E-state index contributed by atoms with van der Waals surface area (Å²) in [7, 11) is 0. The third-order valence-electron chi connectivity index (χ3n) is 2.08. The Morgan fingerprint density at radius 1 is 1.38 bits per heavy atom. The summed E-state index contributed by atoms with van der Waals surface area (Å²) in [5.74, 6) is 0. The molecule has 0 aliphatic heterocycles. The molecule has 5 N–H and O–H groups in total. The molecule has 0 aliphatic carbocycles. The van der Waals surface area contributed by atoms with Crippen molar-refractivity contribution in [3.8, 4) is 0 Å². The van der Waals surface area contributed by atoms with Crippen LogP contribution in [0, 0.1) is 0 Å². The zero-order valence-electron chi connectivity index (χ0n) is 8.04. The van der Waals surface area contributed by atoms with Gasteiger partial charge in [0.25, 0.3) is 0 Å². The molecule has 0 saturated heterocycles. The Labute approximate surface area is 78.4 Å². The smallest absolute Gasteiger partial charge is 0.0860 e. The summed E-state index contributed by atoms with van der Waals surface area (Å²) in [5, 5.41) is 9.77. The van der Waals surface area contributed by atoms with Gasteiger partial charge in [0.15, 0.2) is 0 Å². The minimum atomic E-state index is -0.907. The maximum atomic E-state index is 9.77. The molecule has 0 fully saturated rings. The van der Waals surface area contributed by atoms with Gasteiger partial charge >= 0.3 is 0 Å². The molecule has 3 heteroatoms. The van der Waals surface area contributed by atoms with Crippen LogP contribution in [0.2, 0.25) is 0 Å². The fourth-order valence-corrected chi connectivity index (χ4v) is 1.32. The van der Waals surface area contributed by atoms with Crippen molar-refractivity contribution in [3.05, 3.63) is 29.3 Å². The van der Waals surface area contributed by atoms with Gasteiger partial charge in [-0.3, -0.25) is 0 Å². The molecule has 0 aromatic heterocycles. The van der Waals surface area contributed by atoms with E-state index >= 15 is 0 Å². The number of nitrogens with two attached hydrogens (primary N) is 2. The Kier molecular flexibility index (Phi) is 2.59. The monoisotopic (exact) mass is 180 g/mol. The lowest BCUT2D eigenvalue weighted by molar-refractivity contribution is 0.0793. The Hall–Kier alpha value is -1.06. The van der Waals surface area contributed by atoms with Gasteiger partial charge in [0.2, 0.25) is 0 Å². The highest BCUT2D eigenvalue weighted by Crippen LogP contribution is 2.27. The van der Waals surface area contributed by atoms with Crippen LogP contribution in [0.1, 0.15) is 25.0 Å². The van der Waals surface area contributed by atoms with Crippen LogP contribution in [0.15, 0.2) is 18.2 Å². The van der Waals surface area contributed by atoms with Crippen molar-refractivity contribution >= 4 is 5.69 Å². The lowest BCUT2D eigenvalue weighted by Crippen LogP contribution is -2.19. The van der Waals surface area contributed by atoms with Crippen LogP contribution in [-0.4, -0.2) is 5.11 Å². The molecule has 1 aromatic rings. The summed E-state index contributed by atoms with van der Waals surface area (Å²) in [6.45, 7) is 3.81. The second-order valence-electron chi connectivity index (χ2n) is 3.64. The van der Waals surface area contributed by atoms with Crippen molar-refractivity contribution in [2.45, 2.75) is 26.0 Å². The minimum Gasteiger partial charge on any atom is -0.398 e. The van der Waals surface area contributed by atoms with Crippen molar-refractivity contribution in [2.75, 3.05) is 5.73 Å². The van der Waals surface area contributed by atoms with Crippen LogP contribution in [0.4, 0.5) is 5.69 Å². The van der Waals surface area contributed by atoms with Crippen LogP contribution in [0.25, 0.3) is 0 Å². The van der Waals surface area contributed by atoms with E-state index in [0.29, 0.717) is 12.2 Å². The van der Waals surface area contributed by atoms with Crippen molar-refractivity contribution in [1.29, 1.82) is 0 Å². The Morgan fingerprint density at radius 2 is 2.00 bits per heavy atom.